The number of carbonyl (C=O) groups is 1. The Kier molecular flexibility index (Phi) is 6.15. The minimum Gasteiger partial charge on any atom is -0.492 e. The molecule has 2 N–H and O–H groups in total. The Balaban J connectivity index is 1.41. The number of amides is 1. The highest BCUT2D eigenvalue weighted by Gasteiger charge is 2.29. The van der Waals surface area contributed by atoms with Crippen molar-refractivity contribution in [3.05, 3.63) is 70.0 Å². The lowest BCUT2D eigenvalue weighted by Crippen LogP contribution is -2.48. The number of carbonyl (C=O) groups excluding carboxylic acids is 1. The SMILES string of the molecule is Cc1nn(C)cc1-c1ccc(Cc2cc(C(=O)N[C@H]3CCOC[C@@H]3O)c3c(c2C)CCO3)cc1. The van der Waals surface area contributed by atoms with Crippen LogP contribution in [0.4, 0.5) is 0 Å². The number of nitrogens with zero attached hydrogens (tertiary/aromatic N) is 2. The molecule has 0 spiro atoms. The van der Waals surface area contributed by atoms with Gasteiger partial charge in [0.25, 0.3) is 5.91 Å². The number of aromatic nitrogens is 2. The van der Waals surface area contributed by atoms with E-state index in [4.69, 9.17) is 9.47 Å². The molecule has 3 heterocycles. The van der Waals surface area contributed by atoms with Crippen molar-refractivity contribution in [2.75, 3.05) is 19.8 Å². The molecule has 2 aliphatic rings. The third-order valence-corrected chi connectivity index (χ3v) is 6.93. The number of rotatable bonds is 5. The molecule has 1 saturated heterocycles. The van der Waals surface area contributed by atoms with E-state index in [0.29, 0.717) is 30.9 Å². The van der Waals surface area contributed by atoms with Gasteiger partial charge in [-0.3, -0.25) is 9.48 Å². The monoisotopic (exact) mass is 461 g/mol. The highest BCUT2D eigenvalue weighted by Crippen LogP contribution is 2.36. The van der Waals surface area contributed by atoms with Crippen LogP contribution >= 0.6 is 0 Å². The second-order valence-corrected chi connectivity index (χ2v) is 9.30. The maximum absolute atomic E-state index is 13.2. The number of benzene rings is 2. The van der Waals surface area contributed by atoms with E-state index in [1.165, 1.54) is 11.1 Å². The topological polar surface area (TPSA) is 85.6 Å². The highest BCUT2D eigenvalue weighted by molar-refractivity contribution is 5.98. The summed E-state index contributed by atoms with van der Waals surface area (Å²) in [5.74, 6) is 0.482. The fourth-order valence-electron chi connectivity index (χ4n) is 4.99. The molecule has 5 rings (SSSR count). The van der Waals surface area contributed by atoms with Gasteiger partial charge in [0.05, 0.1) is 36.6 Å². The van der Waals surface area contributed by atoms with Gasteiger partial charge < -0.3 is 19.9 Å². The van der Waals surface area contributed by atoms with Gasteiger partial charge in [0, 0.05) is 37.4 Å². The van der Waals surface area contributed by atoms with Gasteiger partial charge in [-0.05, 0) is 55.0 Å². The number of ether oxygens (including phenoxy) is 2. The van der Waals surface area contributed by atoms with Crippen LogP contribution in [0.3, 0.4) is 0 Å². The predicted molar refractivity (Wildman–Crippen MR) is 129 cm³/mol. The molecular weight excluding hydrogens is 430 g/mol. The van der Waals surface area contributed by atoms with E-state index in [2.05, 4.69) is 41.6 Å². The number of hydrogen-bond acceptors (Lipinski definition) is 5. The van der Waals surface area contributed by atoms with Crippen molar-refractivity contribution >= 4 is 5.91 Å². The van der Waals surface area contributed by atoms with Gasteiger partial charge in [-0.25, -0.2) is 0 Å². The molecule has 2 atom stereocenters. The molecule has 2 aliphatic heterocycles. The maximum atomic E-state index is 13.2. The predicted octanol–water partition coefficient (Wildman–Crippen LogP) is 3.11. The van der Waals surface area contributed by atoms with E-state index in [9.17, 15) is 9.90 Å². The summed E-state index contributed by atoms with van der Waals surface area (Å²) in [5.41, 5.74) is 8.42. The number of nitrogens with one attached hydrogen (secondary N) is 1. The normalized spacial score (nSPS) is 19.5. The van der Waals surface area contributed by atoms with Crippen LogP contribution in [0.15, 0.2) is 36.5 Å². The van der Waals surface area contributed by atoms with Crippen molar-refractivity contribution in [3.63, 3.8) is 0 Å². The fraction of sp³-hybridized carbons (Fsp3) is 0.407. The summed E-state index contributed by atoms with van der Waals surface area (Å²) in [6.45, 7) is 5.49. The molecule has 7 nitrogen and oxygen atoms in total. The lowest BCUT2D eigenvalue weighted by molar-refractivity contribution is -0.0261. The van der Waals surface area contributed by atoms with Crippen LogP contribution in [0.1, 0.15) is 44.7 Å². The second kappa shape index (κ2) is 9.24. The first-order chi connectivity index (χ1) is 16.4. The molecule has 1 fully saturated rings. The summed E-state index contributed by atoms with van der Waals surface area (Å²) < 4.78 is 13.0. The summed E-state index contributed by atoms with van der Waals surface area (Å²) in [4.78, 5) is 13.2. The first-order valence-electron chi connectivity index (χ1n) is 11.8. The molecule has 0 bridgehead atoms. The largest absolute Gasteiger partial charge is 0.492 e. The molecule has 1 aromatic heterocycles. The third-order valence-electron chi connectivity index (χ3n) is 6.93. The second-order valence-electron chi connectivity index (χ2n) is 9.30. The Morgan fingerprint density at radius 2 is 2.03 bits per heavy atom. The smallest absolute Gasteiger partial charge is 0.255 e. The fourth-order valence-corrected chi connectivity index (χ4v) is 4.99. The molecule has 178 valence electrons. The lowest BCUT2D eigenvalue weighted by atomic mass is 9.91. The van der Waals surface area contributed by atoms with E-state index < -0.39 is 6.10 Å². The number of aliphatic hydroxyl groups is 1. The van der Waals surface area contributed by atoms with E-state index >= 15 is 0 Å². The van der Waals surface area contributed by atoms with Gasteiger partial charge in [-0.15, -0.1) is 0 Å². The Hall–Kier alpha value is -3.16. The molecule has 3 aromatic rings. The maximum Gasteiger partial charge on any atom is 0.255 e. The zero-order valence-electron chi connectivity index (χ0n) is 19.9. The first kappa shape index (κ1) is 22.6. The van der Waals surface area contributed by atoms with Gasteiger partial charge in [0.1, 0.15) is 5.75 Å². The molecule has 0 radical (unpaired) electrons. The number of aryl methyl sites for hydroxylation is 2. The van der Waals surface area contributed by atoms with Crippen LogP contribution < -0.4 is 10.1 Å². The molecule has 0 aliphatic carbocycles. The minimum absolute atomic E-state index is 0.201. The van der Waals surface area contributed by atoms with E-state index in [0.717, 1.165) is 40.8 Å². The van der Waals surface area contributed by atoms with Gasteiger partial charge in [0.2, 0.25) is 0 Å². The summed E-state index contributed by atoms with van der Waals surface area (Å²) in [5, 5.41) is 17.6. The van der Waals surface area contributed by atoms with E-state index in [1.54, 1.807) is 0 Å². The Morgan fingerprint density at radius 1 is 1.24 bits per heavy atom. The van der Waals surface area contributed by atoms with Crippen molar-refractivity contribution in [2.45, 2.75) is 45.3 Å². The molecule has 0 saturated carbocycles. The lowest BCUT2D eigenvalue weighted by Gasteiger charge is -2.28. The standard InChI is InChI=1S/C27H31N3O4/c1-16-20(12-18-4-6-19(7-5-18)23-14-30(3)29-17(23)2)13-22(26-21(16)8-11-34-26)27(32)28-24-9-10-33-15-25(24)31/h4-7,13-14,24-25,31H,8-12,15H2,1-3H3,(H,28,32)/t24-,25-/m0/s1. The van der Waals surface area contributed by atoms with E-state index in [1.807, 2.05) is 30.9 Å². The summed E-state index contributed by atoms with van der Waals surface area (Å²) in [6, 6.07) is 10.2. The van der Waals surface area contributed by atoms with Crippen LogP contribution in [0.5, 0.6) is 5.75 Å². The third kappa shape index (κ3) is 4.33. The zero-order valence-corrected chi connectivity index (χ0v) is 19.9. The van der Waals surface area contributed by atoms with Crippen LogP contribution in [0.25, 0.3) is 11.1 Å². The summed E-state index contributed by atoms with van der Waals surface area (Å²) in [6.07, 6.45) is 3.46. The molecule has 2 aromatic carbocycles. The molecular formula is C27H31N3O4. The van der Waals surface area contributed by atoms with Gasteiger partial charge in [-0.1, -0.05) is 24.3 Å². The van der Waals surface area contributed by atoms with Crippen molar-refractivity contribution < 1.29 is 19.4 Å². The molecule has 1 amide bonds. The molecule has 0 unspecified atom stereocenters. The van der Waals surface area contributed by atoms with E-state index in [-0.39, 0.29) is 18.6 Å². The minimum atomic E-state index is -0.696. The van der Waals surface area contributed by atoms with Crippen molar-refractivity contribution in [1.82, 2.24) is 15.1 Å². The van der Waals surface area contributed by atoms with Crippen molar-refractivity contribution in [3.8, 4) is 16.9 Å². The number of hydrogen-bond donors (Lipinski definition) is 2. The van der Waals surface area contributed by atoms with Crippen LogP contribution in [0.2, 0.25) is 0 Å². The molecule has 34 heavy (non-hydrogen) atoms. The Morgan fingerprint density at radius 3 is 2.74 bits per heavy atom. The van der Waals surface area contributed by atoms with Crippen LogP contribution in [-0.2, 0) is 24.6 Å². The van der Waals surface area contributed by atoms with Crippen molar-refractivity contribution in [1.29, 1.82) is 0 Å². The van der Waals surface area contributed by atoms with Crippen molar-refractivity contribution in [2.24, 2.45) is 7.05 Å². The molecule has 7 heteroatoms. The average molecular weight is 462 g/mol. The number of aliphatic hydroxyl groups excluding tert-OH is 1. The van der Waals surface area contributed by atoms with Crippen LogP contribution in [0, 0.1) is 13.8 Å². The zero-order chi connectivity index (χ0) is 23.8. The first-order valence-corrected chi connectivity index (χ1v) is 11.8. The van der Waals surface area contributed by atoms with Gasteiger partial charge >= 0.3 is 0 Å². The van der Waals surface area contributed by atoms with Crippen LogP contribution in [-0.4, -0.2) is 52.8 Å². The quantitative estimate of drug-likeness (QED) is 0.610. The average Bonchev–Trinajstić information content (AvgIpc) is 3.44. The summed E-state index contributed by atoms with van der Waals surface area (Å²) >= 11 is 0. The number of fused-ring (bicyclic) bond motifs is 1. The highest BCUT2D eigenvalue weighted by atomic mass is 16.5. The van der Waals surface area contributed by atoms with Gasteiger partial charge in [-0.2, -0.15) is 5.10 Å². The summed E-state index contributed by atoms with van der Waals surface area (Å²) in [7, 11) is 1.93. The van der Waals surface area contributed by atoms with Gasteiger partial charge in [0.15, 0.2) is 0 Å². The Bertz CT molecular complexity index is 1220. The Labute approximate surface area is 199 Å².